The van der Waals surface area contributed by atoms with E-state index in [-0.39, 0.29) is 22.4 Å². The smallest absolute Gasteiger partial charge is 0.259 e. The molecule has 1 aliphatic heterocycles. The summed E-state index contributed by atoms with van der Waals surface area (Å²) in [6, 6.07) is 12.7. The fourth-order valence-electron chi connectivity index (χ4n) is 3.82. The summed E-state index contributed by atoms with van der Waals surface area (Å²) in [4.78, 5) is 6.71. The first-order valence-corrected chi connectivity index (χ1v) is 11.8. The van der Waals surface area contributed by atoms with Crippen molar-refractivity contribution < 1.29 is 17.3 Å². The highest BCUT2D eigenvalue weighted by Gasteiger charge is 2.24. The maximum absolute atomic E-state index is 13.2. The molecular formula is C22H25FN4O3S. The summed E-state index contributed by atoms with van der Waals surface area (Å²) >= 11 is 0. The highest BCUT2D eigenvalue weighted by atomic mass is 32.2. The molecule has 9 heteroatoms. The molecule has 0 saturated carbocycles. The van der Waals surface area contributed by atoms with Crippen molar-refractivity contribution in [2.24, 2.45) is 0 Å². The molecule has 1 saturated heterocycles. The number of rotatable bonds is 7. The van der Waals surface area contributed by atoms with E-state index in [1.165, 1.54) is 36.8 Å². The lowest BCUT2D eigenvalue weighted by atomic mass is 10.0. The minimum atomic E-state index is -3.77. The van der Waals surface area contributed by atoms with Gasteiger partial charge in [-0.2, -0.15) is 4.98 Å². The number of aromatic nitrogens is 2. The van der Waals surface area contributed by atoms with Crippen molar-refractivity contribution in [3.05, 3.63) is 54.3 Å². The molecule has 4 rings (SSSR count). The SMILES string of the molecule is C[C@@H]1CCCCN1CCNS(=O)(=O)c1ccccc1-c1nc(-c2ccc(F)cc2)no1. The molecule has 7 nitrogen and oxygen atoms in total. The summed E-state index contributed by atoms with van der Waals surface area (Å²) in [6.45, 7) is 4.16. The summed E-state index contributed by atoms with van der Waals surface area (Å²) < 4.78 is 47.2. The second-order valence-corrected chi connectivity index (χ2v) is 9.44. The van der Waals surface area contributed by atoms with Crippen LogP contribution in [0.4, 0.5) is 4.39 Å². The molecule has 1 aromatic heterocycles. The van der Waals surface area contributed by atoms with Gasteiger partial charge < -0.3 is 4.52 Å². The molecule has 0 bridgehead atoms. The lowest BCUT2D eigenvalue weighted by Gasteiger charge is -2.33. The van der Waals surface area contributed by atoms with E-state index in [0.29, 0.717) is 30.3 Å². The van der Waals surface area contributed by atoms with Crippen molar-refractivity contribution in [1.82, 2.24) is 19.8 Å². The highest BCUT2D eigenvalue weighted by Crippen LogP contribution is 2.28. The van der Waals surface area contributed by atoms with E-state index in [2.05, 4.69) is 26.7 Å². The number of piperidine rings is 1. The molecule has 0 unspecified atom stereocenters. The molecule has 0 radical (unpaired) electrons. The minimum absolute atomic E-state index is 0.0796. The maximum atomic E-state index is 13.2. The van der Waals surface area contributed by atoms with Crippen LogP contribution < -0.4 is 4.72 Å². The molecule has 0 aliphatic carbocycles. The van der Waals surface area contributed by atoms with Crippen LogP contribution in [0.5, 0.6) is 0 Å². The first kappa shape index (κ1) is 21.6. The van der Waals surface area contributed by atoms with Crippen LogP contribution in [-0.4, -0.2) is 49.1 Å². The van der Waals surface area contributed by atoms with Crippen LogP contribution >= 0.6 is 0 Å². The molecule has 1 aliphatic rings. The van der Waals surface area contributed by atoms with Gasteiger partial charge in [0.05, 0.1) is 10.5 Å². The van der Waals surface area contributed by atoms with Crippen LogP contribution in [0.2, 0.25) is 0 Å². The van der Waals surface area contributed by atoms with Crippen molar-refractivity contribution >= 4 is 10.0 Å². The number of nitrogens with one attached hydrogen (secondary N) is 1. The van der Waals surface area contributed by atoms with E-state index in [9.17, 15) is 12.8 Å². The van der Waals surface area contributed by atoms with Crippen LogP contribution in [-0.2, 0) is 10.0 Å². The molecule has 1 fully saturated rings. The molecule has 1 N–H and O–H groups in total. The van der Waals surface area contributed by atoms with Gasteiger partial charge in [-0.05, 0) is 62.7 Å². The Bertz CT molecular complexity index is 1130. The van der Waals surface area contributed by atoms with Gasteiger partial charge in [-0.15, -0.1) is 0 Å². The monoisotopic (exact) mass is 444 g/mol. The van der Waals surface area contributed by atoms with Gasteiger partial charge in [-0.3, -0.25) is 4.90 Å². The summed E-state index contributed by atoms with van der Waals surface area (Å²) in [5, 5.41) is 3.92. The highest BCUT2D eigenvalue weighted by molar-refractivity contribution is 7.89. The summed E-state index contributed by atoms with van der Waals surface area (Å²) in [5.74, 6) is -0.0203. The number of benzene rings is 2. The van der Waals surface area contributed by atoms with E-state index < -0.39 is 10.0 Å². The molecule has 2 aromatic carbocycles. The van der Waals surface area contributed by atoms with Gasteiger partial charge >= 0.3 is 0 Å². The zero-order chi connectivity index (χ0) is 21.8. The zero-order valence-electron chi connectivity index (χ0n) is 17.3. The van der Waals surface area contributed by atoms with E-state index in [1.807, 2.05) is 0 Å². The van der Waals surface area contributed by atoms with Crippen molar-refractivity contribution in [3.63, 3.8) is 0 Å². The summed E-state index contributed by atoms with van der Waals surface area (Å²) in [7, 11) is -3.77. The van der Waals surface area contributed by atoms with Gasteiger partial charge in [0.25, 0.3) is 5.89 Å². The largest absolute Gasteiger partial charge is 0.334 e. The molecule has 164 valence electrons. The Morgan fingerprint density at radius 2 is 1.94 bits per heavy atom. The fraction of sp³-hybridized carbons (Fsp3) is 0.364. The molecule has 0 spiro atoms. The Balaban J connectivity index is 1.52. The Morgan fingerprint density at radius 1 is 1.16 bits per heavy atom. The van der Waals surface area contributed by atoms with Crippen LogP contribution in [0, 0.1) is 5.82 Å². The second kappa shape index (κ2) is 9.25. The molecule has 31 heavy (non-hydrogen) atoms. The van der Waals surface area contributed by atoms with Crippen LogP contribution in [0.25, 0.3) is 22.8 Å². The van der Waals surface area contributed by atoms with Crippen LogP contribution in [0.15, 0.2) is 57.9 Å². The molecule has 0 amide bonds. The average molecular weight is 445 g/mol. The van der Waals surface area contributed by atoms with E-state index in [1.54, 1.807) is 18.2 Å². The number of nitrogens with zero attached hydrogens (tertiary/aromatic N) is 3. The van der Waals surface area contributed by atoms with Gasteiger partial charge in [0.2, 0.25) is 15.8 Å². The predicted octanol–water partition coefficient (Wildman–Crippen LogP) is 3.70. The van der Waals surface area contributed by atoms with Gasteiger partial charge in [-0.1, -0.05) is 23.7 Å². The fourth-order valence-corrected chi connectivity index (χ4v) is 5.04. The Kier molecular flexibility index (Phi) is 6.45. The number of sulfonamides is 1. The number of hydrogen-bond donors (Lipinski definition) is 1. The lowest BCUT2D eigenvalue weighted by molar-refractivity contribution is 0.164. The van der Waals surface area contributed by atoms with E-state index in [0.717, 1.165) is 19.4 Å². The van der Waals surface area contributed by atoms with Crippen LogP contribution in [0.3, 0.4) is 0 Å². The number of halogens is 1. The van der Waals surface area contributed by atoms with Crippen LogP contribution in [0.1, 0.15) is 26.2 Å². The third kappa shape index (κ3) is 5.00. The first-order valence-electron chi connectivity index (χ1n) is 10.4. The molecule has 1 atom stereocenters. The van der Waals surface area contributed by atoms with E-state index >= 15 is 0 Å². The Morgan fingerprint density at radius 3 is 2.71 bits per heavy atom. The first-order chi connectivity index (χ1) is 14.9. The molecule has 3 aromatic rings. The number of hydrogen-bond acceptors (Lipinski definition) is 6. The van der Waals surface area contributed by atoms with Gasteiger partial charge in [0.1, 0.15) is 5.82 Å². The van der Waals surface area contributed by atoms with Crippen molar-refractivity contribution in [1.29, 1.82) is 0 Å². The van der Waals surface area contributed by atoms with Gasteiger partial charge in [0.15, 0.2) is 0 Å². The second-order valence-electron chi connectivity index (χ2n) is 7.70. The lowest BCUT2D eigenvalue weighted by Crippen LogP contribution is -2.42. The zero-order valence-corrected chi connectivity index (χ0v) is 18.1. The van der Waals surface area contributed by atoms with Crippen molar-refractivity contribution in [3.8, 4) is 22.8 Å². The van der Waals surface area contributed by atoms with Crippen molar-refractivity contribution in [2.75, 3.05) is 19.6 Å². The van der Waals surface area contributed by atoms with Crippen molar-refractivity contribution in [2.45, 2.75) is 37.1 Å². The van der Waals surface area contributed by atoms with E-state index in [4.69, 9.17) is 4.52 Å². The number of likely N-dealkylation sites (tertiary alicyclic amines) is 1. The quantitative estimate of drug-likeness (QED) is 0.598. The maximum Gasteiger partial charge on any atom is 0.259 e. The topological polar surface area (TPSA) is 88.3 Å². The third-order valence-electron chi connectivity index (χ3n) is 5.57. The van der Waals surface area contributed by atoms with Gasteiger partial charge in [-0.25, -0.2) is 17.5 Å². The standard InChI is InChI=1S/C22H25FN4O3S/c1-16-6-4-5-14-27(16)15-13-24-31(28,29)20-8-3-2-7-19(20)22-25-21(26-30-22)17-9-11-18(23)12-10-17/h2-3,7-12,16,24H,4-6,13-15H2,1H3/t16-/m1/s1. The Hall–Kier alpha value is -2.62. The normalized spacial score (nSPS) is 17.7. The summed E-state index contributed by atoms with van der Waals surface area (Å²) in [6.07, 6.45) is 3.51. The average Bonchev–Trinajstić information content (AvgIpc) is 3.26. The minimum Gasteiger partial charge on any atom is -0.334 e. The summed E-state index contributed by atoms with van der Waals surface area (Å²) in [5.41, 5.74) is 0.896. The predicted molar refractivity (Wildman–Crippen MR) is 115 cm³/mol. The molecular weight excluding hydrogens is 419 g/mol. The van der Waals surface area contributed by atoms with Gasteiger partial charge in [0, 0.05) is 24.7 Å². The molecule has 2 heterocycles. The third-order valence-corrected chi connectivity index (χ3v) is 7.09. The Labute approximate surface area is 181 Å².